The van der Waals surface area contributed by atoms with Crippen molar-refractivity contribution >= 4 is 11.9 Å². The average molecular weight is 371 g/mol. The summed E-state index contributed by atoms with van der Waals surface area (Å²) in [5.74, 6) is 2.69. The maximum absolute atomic E-state index is 10.8. The summed E-state index contributed by atoms with van der Waals surface area (Å²) in [7, 11) is 1.75. The molecule has 144 valence electrons. The lowest BCUT2D eigenvalue weighted by Gasteiger charge is -2.25. The second kappa shape index (κ2) is 8.52. The standard InChI is InChI=1S/C18H25N7O2/c1-12-22-17-7-6-14(10-25(17)24-12)23-18(20-2)21-9-13-4-3-5-15(8-13)27-11-16(19)26/h3-5,8,14H,6-7,9-11H2,1-2H3,(H2,19,26)(H2,20,21,23). The Morgan fingerprint density at radius 2 is 2.33 bits per heavy atom. The zero-order chi connectivity index (χ0) is 19.2. The van der Waals surface area contributed by atoms with E-state index in [4.69, 9.17) is 10.5 Å². The van der Waals surface area contributed by atoms with E-state index in [-0.39, 0.29) is 12.6 Å². The third-order valence-electron chi connectivity index (χ3n) is 4.27. The first-order chi connectivity index (χ1) is 13.0. The highest BCUT2D eigenvalue weighted by molar-refractivity contribution is 5.80. The van der Waals surface area contributed by atoms with Crippen LogP contribution in [0.2, 0.25) is 0 Å². The molecule has 27 heavy (non-hydrogen) atoms. The van der Waals surface area contributed by atoms with Crippen LogP contribution in [0.15, 0.2) is 29.3 Å². The Hall–Kier alpha value is -3.10. The molecule has 2 heterocycles. The number of carbonyl (C=O) groups is 1. The number of ether oxygens (including phenoxy) is 1. The van der Waals surface area contributed by atoms with Crippen LogP contribution in [0.4, 0.5) is 0 Å². The molecule has 1 aromatic heterocycles. The van der Waals surface area contributed by atoms with Crippen LogP contribution in [0.3, 0.4) is 0 Å². The van der Waals surface area contributed by atoms with Gasteiger partial charge in [-0.1, -0.05) is 12.1 Å². The summed E-state index contributed by atoms with van der Waals surface area (Å²) >= 11 is 0. The summed E-state index contributed by atoms with van der Waals surface area (Å²) in [6.45, 7) is 3.13. The van der Waals surface area contributed by atoms with Gasteiger partial charge in [0.1, 0.15) is 17.4 Å². The number of hydrogen-bond donors (Lipinski definition) is 3. The van der Waals surface area contributed by atoms with E-state index >= 15 is 0 Å². The Balaban J connectivity index is 1.52. The van der Waals surface area contributed by atoms with Crippen molar-refractivity contribution in [1.82, 2.24) is 25.4 Å². The summed E-state index contributed by atoms with van der Waals surface area (Å²) in [4.78, 5) is 19.6. The molecular formula is C18H25N7O2. The zero-order valence-electron chi connectivity index (χ0n) is 15.6. The Kier molecular flexibility index (Phi) is 5.90. The van der Waals surface area contributed by atoms with Gasteiger partial charge in [-0.25, -0.2) is 9.67 Å². The van der Waals surface area contributed by atoms with Gasteiger partial charge in [0, 0.05) is 26.1 Å². The molecule has 0 radical (unpaired) electrons. The number of rotatable bonds is 6. The van der Waals surface area contributed by atoms with Crippen molar-refractivity contribution in [2.45, 2.75) is 38.9 Å². The molecule has 0 bridgehead atoms. The summed E-state index contributed by atoms with van der Waals surface area (Å²) in [5, 5.41) is 11.2. The van der Waals surface area contributed by atoms with E-state index in [9.17, 15) is 4.79 Å². The van der Waals surface area contributed by atoms with Crippen molar-refractivity contribution in [2.24, 2.45) is 10.7 Å². The molecule has 9 heteroatoms. The molecule has 0 fully saturated rings. The first-order valence-corrected chi connectivity index (χ1v) is 8.91. The molecule has 0 spiro atoms. The molecule has 0 aliphatic carbocycles. The molecule has 9 nitrogen and oxygen atoms in total. The number of nitrogens with zero attached hydrogens (tertiary/aromatic N) is 4. The predicted molar refractivity (Wildman–Crippen MR) is 101 cm³/mol. The number of aryl methyl sites for hydroxylation is 2. The number of nitrogens with two attached hydrogens (primary N) is 1. The average Bonchev–Trinajstić information content (AvgIpc) is 3.03. The zero-order valence-corrected chi connectivity index (χ0v) is 15.6. The first-order valence-electron chi connectivity index (χ1n) is 8.91. The van der Waals surface area contributed by atoms with Gasteiger partial charge in [0.2, 0.25) is 0 Å². The Morgan fingerprint density at radius 3 is 3.11 bits per heavy atom. The topological polar surface area (TPSA) is 119 Å². The molecule has 0 saturated carbocycles. The van der Waals surface area contributed by atoms with Crippen LogP contribution < -0.4 is 21.1 Å². The van der Waals surface area contributed by atoms with Crippen molar-refractivity contribution in [1.29, 1.82) is 0 Å². The van der Waals surface area contributed by atoms with E-state index in [1.165, 1.54) is 0 Å². The number of primary amides is 1. The minimum absolute atomic E-state index is 0.133. The number of fused-ring (bicyclic) bond motifs is 1. The van der Waals surface area contributed by atoms with Gasteiger partial charge in [-0.3, -0.25) is 9.79 Å². The number of aromatic nitrogens is 3. The second-order valence-electron chi connectivity index (χ2n) is 6.47. The van der Waals surface area contributed by atoms with E-state index in [1.54, 1.807) is 13.1 Å². The monoisotopic (exact) mass is 371 g/mol. The molecule has 1 amide bonds. The van der Waals surface area contributed by atoms with Crippen molar-refractivity contribution in [2.75, 3.05) is 13.7 Å². The van der Waals surface area contributed by atoms with Gasteiger partial charge >= 0.3 is 0 Å². The fourth-order valence-corrected chi connectivity index (χ4v) is 3.03. The molecular weight excluding hydrogens is 346 g/mol. The van der Waals surface area contributed by atoms with Gasteiger partial charge < -0.3 is 21.1 Å². The van der Waals surface area contributed by atoms with Gasteiger partial charge in [0.05, 0.1) is 6.54 Å². The fourth-order valence-electron chi connectivity index (χ4n) is 3.03. The van der Waals surface area contributed by atoms with Crippen molar-refractivity contribution in [3.63, 3.8) is 0 Å². The van der Waals surface area contributed by atoms with E-state index < -0.39 is 5.91 Å². The van der Waals surface area contributed by atoms with Crippen LogP contribution >= 0.6 is 0 Å². The Bertz CT molecular complexity index is 831. The second-order valence-corrected chi connectivity index (χ2v) is 6.47. The molecule has 1 aliphatic rings. The van der Waals surface area contributed by atoms with Gasteiger partial charge in [0.15, 0.2) is 12.6 Å². The number of nitrogens with one attached hydrogen (secondary N) is 2. The van der Waals surface area contributed by atoms with Crippen LogP contribution in [-0.4, -0.2) is 46.3 Å². The third kappa shape index (κ3) is 5.19. The number of aliphatic imine (C=N–C) groups is 1. The van der Waals surface area contributed by atoms with Gasteiger partial charge in [-0.15, -0.1) is 0 Å². The summed E-state index contributed by atoms with van der Waals surface area (Å²) in [6.07, 6.45) is 1.88. The van der Waals surface area contributed by atoms with Crippen molar-refractivity contribution in [3.05, 3.63) is 41.5 Å². The minimum Gasteiger partial charge on any atom is -0.484 e. The quantitative estimate of drug-likeness (QED) is 0.490. The third-order valence-corrected chi connectivity index (χ3v) is 4.27. The van der Waals surface area contributed by atoms with Crippen LogP contribution in [0.5, 0.6) is 5.75 Å². The largest absolute Gasteiger partial charge is 0.484 e. The lowest BCUT2D eigenvalue weighted by atomic mass is 10.1. The van der Waals surface area contributed by atoms with E-state index in [2.05, 4.69) is 25.7 Å². The highest BCUT2D eigenvalue weighted by Crippen LogP contribution is 2.14. The van der Waals surface area contributed by atoms with Gasteiger partial charge in [-0.2, -0.15) is 5.10 Å². The van der Waals surface area contributed by atoms with E-state index in [0.717, 1.165) is 42.6 Å². The van der Waals surface area contributed by atoms with Crippen LogP contribution in [0.25, 0.3) is 0 Å². The van der Waals surface area contributed by atoms with Crippen molar-refractivity contribution in [3.8, 4) is 5.75 Å². The first kappa shape index (κ1) is 18.7. The van der Waals surface area contributed by atoms with E-state index in [0.29, 0.717) is 12.3 Å². The SMILES string of the molecule is CN=C(NCc1cccc(OCC(N)=O)c1)NC1CCc2nc(C)nn2C1. The van der Waals surface area contributed by atoms with Crippen LogP contribution in [-0.2, 0) is 24.3 Å². The maximum Gasteiger partial charge on any atom is 0.255 e. The number of amides is 1. The Labute approximate surface area is 158 Å². The molecule has 1 atom stereocenters. The lowest BCUT2D eigenvalue weighted by Crippen LogP contribution is -2.46. The lowest BCUT2D eigenvalue weighted by molar-refractivity contribution is -0.119. The number of hydrogen-bond acceptors (Lipinski definition) is 5. The number of carbonyl (C=O) groups excluding carboxylic acids is 1. The molecule has 0 saturated heterocycles. The number of guanidine groups is 1. The normalized spacial score (nSPS) is 16.5. The highest BCUT2D eigenvalue weighted by atomic mass is 16.5. The Morgan fingerprint density at radius 1 is 1.48 bits per heavy atom. The smallest absolute Gasteiger partial charge is 0.255 e. The molecule has 1 aromatic carbocycles. The summed E-state index contributed by atoms with van der Waals surface area (Å²) < 4.78 is 7.30. The van der Waals surface area contributed by atoms with Crippen molar-refractivity contribution < 1.29 is 9.53 Å². The molecule has 1 aliphatic heterocycles. The van der Waals surface area contributed by atoms with E-state index in [1.807, 2.05) is 29.8 Å². The summed E-state index contributed by atoms with van der Waals surface area (Å²) in [5.41, 5.74) is 6.12. The minimum atomic E-state index is -0.499. The highest BCUT2D eigenvalue weighted by Gasteiger charge is 2.21. The molecule has 2 aromatic rings. The molecule has 1 unspecified atom stereocenters. The van der Waals surface area contributed by atoms with Gasteiger partial charge in [-0.05, 0) is 31.0 Å². The maximum atomic E-state index is 10.8. The molecule has 3 rings (SSSR count). The number of benzene rings is 1. The molecule has 4 N–H and O–H groups in total. The van der Waals surface area contributed by atoms with Crippen LogP contribution in [0, 0.1) is 6.92 Å². The fraction of sp³-hybridized carbons (Fsp3) is 0.444. The van der Waals surface area contributed by atoms with Gasteiger partial charge in [0.25, 0.3) is 5.91 Å². The predicted octanol–water partition coefficient (Wildman–Crippen LogP) is 0.131. The van der Waals surface area contributed by atoms with Crippen LogP contribution in [0.1, 0.15) is 23.6 Å². The summed E-state index contributed by atoms with van der Waals surface area (Å²) in [6, 6.07) is 7.75.